The fourth-order valence-electron chi connectivity index (χ4n) is 8.34. The number of aryl methyl sites for hydroxylation is 2. The minimum Gasteiger partial charge on any atom is -0.394 e. The highest BCUT2D eigenvalue weighted by molar-refractivity contribution is 6.07. The summed E-state index contributed by atoms with van der Waals surface area (Å²) >= 11 is 0. The first kappa shape index (κ1) is 32.6. The van der Waals surface area contributed by atoms with Crippen molar-refractivity contribution < 1.29 is 24.2 Å². The lowest BCUT2D eigenvalue weighted by molar-refractivity contribution is -0.150. The second kappa shape index (κ2) is 12.2. The number of carbonyl (C=O) groups excluding carboxylic acids is 3. The maximum Gasteiger partial charge on any atom is 0.253 e. The molecule has 8 heteroatoms. The molecule has 2 aromatic rings. The lowest BCUT2D eigenvalue weighted by Gasteiger charge is -2.41. The predicted octanol–water partition coefficient (Wildman–Crippen LogP) is 5.07. The molecule has 0 aromatic heterocycles. The Morgan fingerprint density at radius 2 is 1.62 bits per heavy atom. The van der Waals surface area contributed by atoms with Crippen LogP contribution in [-0.2, 0) is 19.1 Å². The standard InChI is InChI=1S/C37H47N3O5/c1-9-19-38(27-17-12-11-13-18-27)33(42)29-30-34(43)40(28(22-41)23(3)4)32(37(30)21-26(7)36(29,8)45-37)35(44)39(20-10-2)31-24(5)15-14-16-25(31)6/h9-18,23,26,28-30,32,41H,1-2,19-22H2,3-8H3/t26?,28-,29+,30-,32?,36-,37?/m0/s1. The summed E-state index contributed by atoms with van der Waals surface area (Å²) in [5, 5.41) is 10.7. The maximum absolute atomic E-state index is 15.1. The highest BCUT2D eigenvalue weighted by Gasteiger charge is 2.80. The first-order valence-electron chi connectivity index (χ1n) is 16.0. The molecule has 5 rings (SSSR count). The predicted molar refractivity (Wildman–Crippen MR) is 177 cm³/mol. The minimum absolute atomic E-state index is 0.119. The van der Waals surface area contributed by atoms with E-state index in [1.807, 2.05) is 90.1 Å². The second-order valence-corrected chi connectivity index (χ2v) is 13.5. The molecule has 2 bridgehead atoms. The molecule has 2 aromatic carbocycles. The lowest BCUT2D eigenvalue weighted by atomic mass is 9.62. The molecule has 8 nitrogen and oxygen atoms in total. The van der Waals surface area contributed by atoms with Gasteiger partial charge in [0.1, 0.15) is 11.6 Å². The number of rotatable bonds is 11. The monoisotopic (exact) mass is 613 g/mol. The van der Waals surface area contributed by atoms with Gasteiger partial charge in [-0.05, 0) is 62.3 Å². The van der Waals surface area contributed by atoms with Crippen LogP contribution in [0.1, 0.15) is 45.2 Å². The molecule has 3 fully saturated rings. The lowest BCUT2D eigenvalue weighted by Crippen LogP contribution is -2.60. The number of hydrogen-bond donors (Lipinski definition) is 1. The molecule has 3 aliphatic heterocycles. The fourth-order valence-corrected chi connectivity index (χ4v) is 8.34. The second-order valence-electron chi connectivity index (χ2n) is 13.5. The van der Waals surface area contributed by atoms with Crippen LogP contribution in [0.4, 0.5) is 11.4 Å². The Hall–Kier alpha value is -3.75. The zero-order valence-electron chi connectivity index (χ0n) is 27.4. The van der Waals surface area contributed by atoms with Gasteiger partial charge in [-0.3, -0.25) is 14.4 Å². The van der Waals surface area contributed by atoms with Crippen LogP contribution in [0, 0.1) is 37.5 Å². The molecule has 45 heavy (non-hydrogen) atoms. The van der Waals surface area contributed by atoms with Gasteiger partial charge < -0.3 is 24.5 Å². The van der Waals surface area contributed by atoms with Crippen LogP contribution >= 0.6 is 0 Å². The molecule has 0 aliphatic carbocycles. The number of hydrogen-bond acceptors (Lipinski definition) is 5. The zero-order valence-corrected chi connectivity index (χ0v) is 27.4. The van der Waals surface area contributed by atoms with Crippen molar-refractivity contribution in [2.75, 3.05) is 29.5 Å². The Morgan fingerprint density at radius 3 is 2.18 bits per heavy atom. The Morgan fingerprint density at radius 1 is 1.02 bits per heavy atom. The van der Waals surface area contributed by atoms with E-state index in [1.54, 1.807) is 26.9 Å². The van der Waals surface area contributed by atoms with Crippen molar-refractivity contribution in [3.05, 3.63) is 85.0 Å². The zero-order chi connectivity index (χ0) is 32.8. The number of carbonyl (C=O) groups is 3. The van der Waals surface area contributed by atoms with E-state index in [0.717, 1.165) is 16.8 Å². The van der Waals surface area contributed by atoms with Crippen molar-refractivity contribution in [1.82, 2.24) is 4.90 Å². The highest BCUT2D eigenvalue weighted by atomic mass is 16.5. The van der Waals surface area contributed by atoms with Gasteiger partial charge in [-0.15, -0.1) is 13.2 Å². The van der Waals surface area contributed by atoms with Crippen molar-refractivity contribution in [3.8, 4) is 0 Å². The van der Waals surface area contributed by atoms with Gasteiger partial charge >= 0.3 is 0 Å². The van der Waals surface area contributed by atoms with Crippen LogP contribution in [0.15, 0.2) is 73.8 Å². The first-order valence-corrected chi connectivity index (χ1v) is 16.0. The van der Waals surface area contributed by atoms with E-state index in [0.29, 0.717) is 12.1 Å². The number of benzene rings is 2. The normalized spacial score (nSPS) is 29.1. The van der Waals surface area contributed by atoms with Crippen molar-refractivity contribution in [2.24, 2.45) is 23.7 Å². The topological polar surface area (TPSA) is 90.4 Å². The van der Waals surface area contributed by atoms with Crippen LogP contribution in [0.5, 0.6) is 0 Å². The molecular weight excluding hydrogens is 566 g/mol. The number of aliphatic hydroxyl groups excluding tert-OH is 1. The summed E-state index contributed by atoms with van der Waals surface area (Å²) in [6, 6.07) is 13.5. The summed E-state index contributed by atoms with van der Waals surface area (Å²) in [7, 11) is 0. The van der Waals surface area contributed by atoms with Crippen LogP contribution in [0.3, 0.4) is 0 Å². The van der Waals surface area contributed by atoms with E-state index in [1.165, 1.54) is 0 Å². The summed E-state index contributed by atoms with van der Waals surface area (Å²) < 4.78 is 7.02. The third-order valence-electron chi connectivity index (χ3n) is 10.5. The van der Waals surface area contributed by atoms with Crippen molar-refractivity contribution in [2.45, 2.75) is 71.2 Å². The molecule has 3 aliphatic rings. The molecule has 3 amide bonds. The Bertz CT molecular complexity index is 1470. The number of ether oxygens (including phenoxy) is 1. The largest absolute Gasteiger partial charge is 0.394 e. The van der Waals surface area contributed by atoms with E-state index < -0.39 is 35.1 Å². The number of fused-ring (bicyclic) bond motifs is 1. The van der Waals surface area contributed by atoms with E-state index in [-0.39, 0.29) is 49.3 Å². The average Bonchev–Trinajstić information content (AvgIpc) is 3.52. The van der Waals surface area contributed by atoms with Crippen molar-refractivity contribution in [1.29, 1.82) is 0 Å². The summed E-state index contributed by atoms with van der Waals surface area (Å²) in [5.41, 5.74) is 1.08. The van der Waals surface area contributed by atoms with Gasteiger partial charge in [0, 0.05) is 24.5 Å². The fraction of sp³-hybridized carbons (Fsp3) is 0.486. The van der Waals surface area contributed by atoms with Crippen molar-refractivity contribution >= 4 is 29.1 Å². The quantitative estimate of drug-likeness (QED) is 0.358. The number of nitrogens with zero attached hydrogens (tertiary/aromatic N) is 3. The number of aliphatic hydroxyl groups is 1. The maximum atomic E-state index is 15.1. The molecule has 1 spiro atoms. The number of likely N-dealkylation sites (tertiary alicyclic amines) is 1. The summed E-state index contributed by atoms with van der Waals surface area (Å²) in [5.74, 6) is -2.85. The Labute approximate surface area is 267 Å². The first-order chi connectivity index (χ1) is 21.4. The summed E-state index contributed by atoms with van der Waals surface area (Å²) in [6.07, 6.45) is 3.80. The molecule has 1 N–H and O–H groups in total. The van der Waals surface area contributed by atoms with Crippen molar-refractivity contribution in [3.63, 3.8) is 0 Å². The van der Waals surface area contributed by atoms with Gasteiger partial charge in [-0.2, -0.15) is 0 Å². The van der Waals surface area contributed by atoms with Gasteiger partial charge in [0.15, 0.2) is 0 Å². The third-order valence-corrected chi connectivity index (χ3v) is 10.5. The number of para-hydroxylation sites is 2. The van der Waals surface area contributed by atoms with E-state index in [9.17, 15) is 14.7 Å². The number of amides is 3. The third kappa shape index (κ3) is 4.93. The van der Waals surface area contributed by atoms with Gasteiger partial charge in [0.05, 0.1) is 30.1 Å². The van der Waals surface area contributed by atoms with E-state index >= 15 is 4.79 Å². The van der Waals surface area contributed by atoms with Gasteiger partial charge in [0.2, 0.25) is 11.8 Å². The minimum atomic E-state index is -1.25. The van der Waals surface area contributed by atoms with Gasteiger partial charge in [-0.25, -0.2) is 0 Å². The molecule has 0 radical (unpaired) electrons. The molecule has 3 saturated heterocycles. The molecule has 3 unspecified atom stereocenters. The molecular formula is C37H47N3O5. The van der Waals surface area contributed by atoms with Crippen LogP contribution in [0.2, 0.25) is 0 Å². The molecule has 240 valence electrons. The van der Waals surface area contributed by atoms with Crippen LogP contribution < -0.4 is 9.80 Å². The highest BCUT2D eigenvalue weighted by Crippen LogP contribution is 2.66. The summed E-state index contributed by atoms with van der Waals surface area (Å²) in [4.78, 5) is 49.7. The molecule has 0 saturated carbocycles. The van der Waals surface area contributed by atoms with Gasteiger partial charge in [0.25, 0.3) is 5.91 Å². The Kier molecular flexibility index (Phi) is 8.86. The van der Waals surface area contributed by atoms with Gasteiger partial charge in [-0.1, -0.05) is 69.3 Å². The average molecular weight is 614 g/mol. The number of anilines is 2. The summed E-state index contributed by atoms with van der Waals surface area (Å²) in [6.45, 7) is 19.7. The Balaban J connectivity index is 1.70. The smallest absolute Gasteiger partial charge is 0.253 e. The molecule has 7 atom stereocenters. The van der Waals surface area contributed by atoms with E-state index in [4.69, 9.17) is 4.74 Å². The molecule has 3 heterocycles. The SMILES string of the molecule is C=CCN(C(=O)[C@H]1[C@H]2C(=O)N([C@@H](CO)C(C)C)C(C(=O)N(CC=C)c3c(C)cccc3C)C23CC(C)[C@]1(C)O3)c1ccccc1. The van der Waals surface area contributed by atoms with Crippen LogP contribution in [0.25, 0.3) is 0 Å². The van der Waals surface area contributed by atoms with Crippen LogP contribution in [-0.4, -0.2) is 70.7 Å². The van der Waals surface area contributed by atoms with E-state index in [2.05, 4.69) is 13.2 Å².